The van der Waals surface area contributed by atoms with E-state index in [9.17, 15) is 13.2 Å². The Morgan fingerprint density at radius 3 is 1.84 bits per heavy atom. The van der Waals surface area contributed by atoms with Gasteiger partial charge in [0.25, 0.3) is 0 Å². The molecule has 140 valence electrons. The summed E-state index contributed by atoms with van der Waals surface area (Å²) in [5.74, 6) is 3.08. The molecule has 25 heavy (non-hydrogen) atoms. The first kappa shape index (κ1) is 18.6. The van der Waals surface area contributed by atoms with Crippen molar-refractivity contribution in [3.63, 3.8) is 0 Å². The molecular formula is C21H29F3O. The van der Waals surface area contributed by atoms with Crippen molar-refractivity contribution in [2.75, 3.05) is 0 Å². The number of alkyl halides is 3. The second-order valence-electron chi connectivity index (χ2n) is 7.92. The summed E-state index contributed by atoms with van der Waals surface area (Å²) in [6.45, 7) is 2.31. The Bertz CT molecular complexity index is 521. The molecule has 0 heterocycles. The quantitative estimate of drug-likeness (QED) is 0.561. The molecule has 0 aromatic heterocycles. The minimum Gasteiger partial charge on any atom is -0.406 e. The molecule has 0 amide bonds. The fourth-order valence-electron chi connectivity index (χ4n) is 4.93. The lowest BCUT2D eigenvalue weighted by atomic mass is 9.68. The lowest BCUT2D eigenvalue weighted by Gasteiger charge is -2.38. The van der Waals surface area contributed by atoms with Crippen molar-refractivity contribution in [2.24, 2.45) is 17.8 Å². The summed E-state index contributed by atoms with van der Waals surface area (Å²) in [4.78, 5) is 0. The van der Waals surface area contributed by atoms with Gasteiger partial charge in [-0.15, -0.1) is 13.2 Å². The van der Waals surface area contributed by atoms with Crippen molar-refractivity contribution in [3.8, 4) is 5.75 Å². The summed E-state index contributed by atoms with van der Waals surface area (Å²) < 4.78 is 40.7. The smallest absolute Gasteiger partial charge is 0.406 e. The molecule has 0 radical (unpaired) electrons. The van der Waals surface area contributed by atoms with Gasteiger partial charge in [0, 0.05) is 0 Å². The molecule has 0 bridgehead atoms. The Hall–Kier alpha value is -1.19. The third-order valence-electron chi connectivity index (χ3n) is 6.49. The second-order valence-corrected chi connectivity index (χ2v) is 7.92. The highest BCUT2D eigenvalue weighted by molar-refractivity contribution is 5.29. The van der Waals surface area contributed by atoms with Crippen LogP contribution in [0.25, 0.3) is 0 Å². The zero-order chi connectivity index (χ0) is 17.9. The lowest BCUT2D eigenvalue weighted by Crippen LogP contribution is -2.25. The zero-order valence-electron chi connectivity index (χ0n) is 15.0. The average Bonchev–Trinajstić information content (AvgIpc) is 2.61. The molecular weight excluding hydrogens is 325 g/mol. The predicted molar refractivity (Wildman–Crippen MR) is 93.6 cm³/mol. The lowest BCUT2D eigenvalue weighted by molar-refractivity contribution is -0.274. The molecule has 0 atom stereocenters. The monoisotopic (exact) mass is 354 g/mol. The Morgan fingerprint density at radius 1 is 0.840 bits per heavy atom. The van der Waals surface area contributed by atoms with Gasteiger partial charge in [-0.1, -0.05) is 38.3 Å². The minimum atomic E-state index is -4.61. The maximum atomic E-state index is 12.2. The Balaban J connectivity index is 1.49. The topological polar surface area (TPSA) is 9.23 Å². The summed E-state index contributed by atoms with van der Waals surface area (Å²) in [5, 5.41) is 0. The molecule has 0 N–H and O–H groups in total. The van der Waals surface area contributed by atoms with E-state index in [1.165, 1.54) is 57.1 Å². The minimum absolute atomic E-state index is 0.127. The molecule has 1 nitrogen and oxygen atoms in total. The second kappa shape index (κ2) is 8.01. The number of hydrogen-bond donors (Lipinski definition) is 0. The van der Waals surface area contributed by atoms with Crippen LogP contribution < -0.4 is 4.74 Å². The van der Waals surface area contributed by atoms with Crippen LogP contribution in [0.1, 0.15) is 76.2 Å². The van der Waals surface area contributed by atoms with Gasteiger partial charge in [0.05, 0.1) is 0 Å². The largest absolute Gasteiger partial charge is 0.573 e. The fourth-order valence-corrected chi connectivity index (χ4v) is 4.93. The van der Waals surface area contributed by atoms with Crippen molar-refractivity contribution < 1.29 is 17.9 Å². The summed E-state index contributed by atoms with van der Waals surface area (Å²) in [5.41, 5.74) is 1.16. The van der Waals surface area contributed by atoms with Crippen molar-refractivity contribution in [1.82, 2.24) is 0 Å². The van der Waals surface area contributed by atoms with E-state index in [1.807, 2.05) is 0 Å². The van der Waals surface area contributed by atoms with Gasteiger partial charge < -0.3 is 4.74 Å². The highest BCUT2D eigenvalue weighted by Gasteiger charge is 2.32. The average molecular weight is 354 g/mol. The molecule has 1 aromatic carbocycles. The van der Waals surface area contributed by atoms with E-state index in [0.29, 0.717) is 5.92 Å². The highest BCUT2D eigenvalue weighted by atomic mass is 19.4. The van der Waals surface area contributed by atoms with Crippen molar-refractivity contribution in [2.45, 2.75) is 77.0 Å². The van der Waals surface area contributed by atoms with Gasteiger partial charge >= 0.3 is 6.36 Å². The molecule has 2 saturated carbocycles. The van der Waals surface area contributed by atoms with Gasteiger partial charge in [0.15, 0.2) is 0 Å². The maximum absolute atomic E-state index is 12.2. The molecule has 1 aromatic rings. The van der Waals surface area contributed by atoms with Crippen molar-refractivity contribution in [3.05, 3.63) is 29.8 Å². The van der Waals surface area contributed by atoms with E-state index in [4.69, 9.17) is 0 Å². The van der Waals surface area contributed by atoms with Crippen LogP contribution in [0.4, 0.5) is 13.2 Å². The molecule has 2 aliphatic carbocycles. The van der Waals surface area contributed by atoms with E-state index < -0.39 is 6.36 Å². The Labute approximate surface area is 149 Å². The van der Waals surface area contributed by atoms with E-state index in [1.54, 1.807) is 12.1 Å². The van der Waals surface area contributed by atoms with Crippen LogP contribution in [-0.2, 0) is 0 Å². The van der Waals surface area contributed by atoms with E-state index in [0.717, 1.165) is 36.2 Å². The van der Waals surface area contributed by atoms with E-state index in [2.05, 4.69) is 11.7 Å². The van der Waals surface area contributed by atoms with Crippen LogP contribution in [0.5, 0.6) is 5.75 Å². The predicted octanol–water partition coefficient (Wildman–Crippen LogP) is 7.08. The van der Waals surface area contributed by atoms with Gasteiger partial charge in [-0.25, -0.2) is 0 Å². The van der Waals surface area contributed by atoms with Crippen LogP contribution in [0.2, 0.25) is 0 Å². The van der Waals surface area contributed by atoms with E-state index in [-0.39, 0.29) is 5.75 Å². The highest BCUT2D eigenvalue weighted by Crippen LogP contribution is 2.44. The van der Waals surface area contributed by atoms with Crippen molar-refractivity contribution in [1.29, 1.82) is 0 Å². The molecule has 0 spiro atoms. The van der Waals surface area contributed by atoms with Crippen LogP contribution >= 0.6 is 0 Å². The summed E-state index contributed by atoms with van der Waals surface area (Å²) in [6.07, 6.45) is 7.19. The van der Waals surface area contributed by atoms with Crippen LogP contribution in [0.15, 0.2) is 24.3 Å². The van der Waals surface area contributed by atoms with Gasteiger partial charge in [-0.3, -0.25) is 0 Å². The Kier molecular flexibility index (Phi) is 5.96. The Morgan fingerprint density at radius 2 is 1.36 bits per heavy atom. The number of benzene rings is 1. The summed E-state index contributed by atoms with van der Waals surface area (Å²) in [7, 11) is 0. The zero-order valence-corrected chi connectivity index (χ0v) is 15.0. The van der Waals surface area contributed by atoms with Crippen molar-refractivity contribution >= 4 is 0 Å². The van der Waals surface area contributed by atoms with Crippen LogP contribution in [-0.4, -0.2) is 6.36 Å². The van der Waals surface area contributed by atoms with Crippen LogP contribution in [0.3, 0.4) is 0 Å². The first-order valence-corrected chi connectivity index (χ1v) is 9.80. The molecule has 3 rings (SSSR count). The number of halogens is 3. The first-order valence-electron chi connectivity index (χ1n) is 9.80. The fraction of sp³-hybridized carbons (Fsp3) is 0.714. The standard InChI is InChI=1S/C21H29F3O/c1-2-15-3-5-16(6-4-15)17-7-9-18(10-8-17)19-11-13-20(14-12-19)25-21(22,23)24/h11-18H,2-10H2,1H3. The normalized spacial score (nSPS) is 30.9. The first-order chi connectivity index (χ1) is 11.9. The molecule has 0 aliphatic heterocycles. The van der Waals surface area contributed by atoms with Gasteiger partial charge in [-0.2, -0.15) is 0 Å². The third-order valence-corrected chi connectivity index (χ3v) is 6.49. The molecule has 2 fully saturated rings. The van der Waals surface area contributed by atoms with Gasteiger partial charge in [-0.05, 0) is 79.9 Å². The summed E-state index contributed by atoms with van der Waals surface area (Å²) >= 11 is 0. The molecule has 0 unspecified atom stereocenters. The van der Waals surface area contributed by atoms with Gasteiger partial charge in [0.1, 0.15) is 5.75 Å². The maximum Gasteiger partial charge on any atom is 0.573 e. The SMILES string of the molecule is CCC1CCC(C2CCC(c3ccc(OC(F)(F)F)cc3)CC2)CC1. The van der Waals surface area contributed by atoms with Gasteiger partial charge in [0.2, 0.25) is 0 Å². The van der Waals surface area contributed by atoms with E-state index >= 15 is 0 Å². The van der Waals surface area contributed by atoms with Crippen LogP contribution in [0, 0.1) is 17.8 Å². The molecule has 4 heteroatoms. The molecule has 2 aliphatic rings. The number of ether oxygens (including phenoxy) is 1. The third kappa shape index (κ3) is 5.15. The molecule has 0 saturated heterocycles. The summed E-state index contributed by atoms with van der Waals surface area (Å²) in [6, 6.07) is 6.50. The number of hydrogen-bond acceptors (Lipinski definition) is 1. The number of rotatable bonds is 4.